The van der Waals surface area contributed by atoms with Gasteiger partial charge >= 0.3 is 0 Å². The summed E-state index contributed by atoms with van der Waals surface area (Å²) in [7, 11) is 0. The minimum Gasteiger partial charge on any atom is -0.320 e. The first kappa shape index (κ1) is 15.9. The number of anilines is 1. The van der Waals surface area contributed by atoms with Crippen molar-refractivity contribution in [1.82, 2.24) is 5.32 Å². The fraction of sp³-hybridized carbons (Fsp3) is 0.462. The molecule has 1 atom stereocenters. The molecule has 1 aromatic carbocycles. The van der Waals surface area contributed by atoms with E-state index in [-0.39, 0.29) is 12.6 Å². The molecule has 6 heteroatoms. The van der Waals surface area contributed by atoms with E-state index in [1.807, 2.05) is 6.92 Å². The van der Waals surface area contributed by atoms with Crippen molar-refractivity contribution in [2.75, 3.05) is 23.4 Å². The van der Waals surface area contributed by atoms with Crippen LogP contribution in [0.2, 0.25) is 0 Å². The highest BCUT2D eigenvalue weighted by molar-refractivity contribution is 7.99. The summed E-state index contributed by atoms with van der Waals surface area (Å²) in [4.78, 5) is 11.6. The minimum absolute atomic E-state index is 0.0270. The topological polar surface area (TPSA) is 41.1 Å². The highest BCUT2D eigenvalue weighted by atomic mass is 32.2. The molecule has 0 fully saturated rings. The van der Waals surface area contributed by atoms with Gasteiger partial charge in [0.25, 0.3) is 0 Å². The number of benzene rings is 1. The lowest BCUT2D eigenvalue weighted by Crippen LogP contribution is -2.36. The van der Waals surface area contributed by atoms with E-state index in [2.05, 4.69) is 17.6 Å². The Morgan fingerprint density at radius 3 is 2.58 bits per heavy atom. The van der Waals surface area contributed by atoms with E-state index in [4.69, 9.17) is 0 Å². The predicted octanol–water partition coefficient (Wildman–Crippen LogP) is 2.63. The van der Waals surface area contributed by atoms with Gasteiger partial charge in [-0.05, 0) is 24.8 Å². The van der Waals surface area contributed by atoms with Crippen LogP contribution in [0.1, 0.15) is 13.8 Å². The van der Waals surface area contributed by atoms with E-state index in [1.54, 1.807) is 11.8 Å². The van der Waals surface area contributed by atoms with Crippen LogP contribution in [0.4, 0.5) is 14.5 Å². The number of thioether (sulfide) groups is 1. The van der Waals surface area contributed by atoms with Crippen molar-refractivity contribution in [3.63, 3.8) is 0 Å². The molecule has 106 valence electrons. The van der Waals surface area contributed by atoms with Crippen molar-refractivity contribution in [2.24, 2.45) is 0 Å². The van der Waals surface area contributed by atoms with Crippen molar-refractivity contribution in [1.29, 1.82) is 0 Å². The first-order chi connectivity index (χ1) is 9.04. The van der Waals surface area contributed by atoms with Crippen LogP contribution in [0.3, 0.4) is 0 Å². The zero-order valence-electron chi connectivity index (χ0n) is 11.0. The summed E-state index contributed by atoms with van der Waals surface area (Å²) in [6.45, 7) is 4.05. The smallest absolute Gasteiger partial charge is 0.238 e. The molecule has 0 aromatic heterocycles. The average molecular weight is 288 g/mol. The number of carbonyl (C=O) groups excluding carboxylic acids is 1. The standard InChI is InChI=1S/C13H18F2N2OS/c1-3-19-8-9(2)16-7-12(18)17-13-10(14)5-4-6-11(13)15/h4-6,9,16H,3,7-8H2,1-2H3,(H,17,18). The number of rotatable bonds is 7. The summed E-state index contributed by atoms with van der Waals surface area (Å²) >= 11 is 1.76. The summed E-state index contributed by atoms with van der Waals surface area (Å²) in [6.07, 6.45) is 0. The average Bonchev–Trinajstić information content (AvgIpc) is 2.38. The number of hydrogen-bond donors (Lipinski definition) is 2. The van der Waals surface area contributed by atoms with Crippen molar-refractivity contribution in [2.45, 2.75) is 19.9 Å². The first-order valence-corrected chi connectivity index (χ1v) is 7.25. The molecule has 1 rings (SSSR count). The van der Waals surface area contributed by atoms with Crippen LogP contribution in [0.25, 0.3) is 0 Å². The highest BCUT2D eigenvalue weighted by Crippen LogP contribution is 2.17. The monoisotopic (exact) mass is 288 g/mol. The normalized spacial score (nSPS) is 12.2. The molecule has 1 unspecified atom stereocenters. The van der Waals surface area contributed by atoms with Crippen molar-refractivity contribution in [3.05, 3.63) is 29.8 Å². The number of amides is 1. The Bertz CT molecular complexity index is 409. The third-order valence-corrected chi connectivity index (χ3v) is 3.55. The van der Waals surface area contributed by atoms with E-state index in [0.29, 0.717) is 0 Å². The Balaban J connectivity index is 2.43. The van der Waals surface area contributed by atoms with Crippen LogP contribution >= 0.6 is 11.8 Å². The lowest BCUT2D eigenvalue weighted by Gasteiger charge is -2.13. The molecule has 0 aliphatic carbocycles. The number of halogens is 2. The van der Waals surface area contributed by atoms with Gasteiger partial charge in [-0.1, -0.05) is 13.0 Å². The largest absolute Gasteiger partial charge is 0.320 e. The van der Waals surface area contributed by atoms with E-state index < -0.39 is 23.2 Å². The summed E-state index contributed by atoms with van der Waals surface area (Å²) in [5.41, 5.74) is -0.398. The van der Waals surface area contributed by atoms with Crippen LogP contribution in [-0.4, -0.2) is 30.0 Å². The number of carbonyl (C=O) groups is 1. The third-order valence-electron chi connectivity index (χ3n) is 2.41. The quantitative estimate of drug-likeness (QED) is 0.810. The maximum atomic E-state index is 13.3. The molecular weight excluding hydrogens is 270 g/mol. The number of hydrogen-bond acceptors (Lipinski definition) is 3. The maximum Gasteiger partial charge on any atom is 0.238 e. The van der Waals surface area contributed by atoms with Crippen molar-refractivity contribution >= 4 is 23.4 Å². The Morgan fingerprint density at radius 2 is 2.00 bits per heavy atom. The maximum absolute atomic E-state index is 13.3. The Kier molecular flexibility index (Phi) is 6.80. The zero-order valence-corrected chi connectivity index (χ0v) is 11.8. The Morgan fingerprint density at radius 1 is 1.37 bits per heavy atom. The lowest BCUT2D eigenvalue weighted by atomic mass is 10.3. The molecule has 0 radical (unpaired) electrons. The molecule has 0 aliphatic heterocycles. The molecule has 0 aliphatic rings. The molecule has 3 nitrogen and oxygen atoms in total. The van der Waals surface area contributed by atoms with Crippen LogP contribution in [-0.2, 0) is 4.79 Å². The summed E-state index contributed by atoms with van der Waals surface area (Å²) in [5, 5.41) is 5.23. The number of para-hydroxylation sites is 1. The van der Waals surface area contributed by atoms with Crippen LogP contribution < -0.4 is 10.6 Å². The van der Waals surface area contributed by atoms with Gasteiger partial charge in [0.1, 0.15) is 17.3 Å². The molecule has 0 spiro atoms. The molecule has 1 aromatic rings. The lowest BCUT2D eigenvalue weighted by molar-refractivity contribution is -0.115. The van der Waals surface area contributed by atoms with Gasteiger partial charge < -0.3 is 10.6 Å². The molecule has 0 saturated heterocycles. The summed E-state index contributed by atoms with van der Waals surface area (Å²) < 4.78 is 26.6. The summed E-state index contributed by atoms with van der Waals surface area (Å²) in [5.74, 6) is -0.112. The van der Waals surface area contributed by atoms with Crippen molar-refractivity contribution in [3.8, 4) is 0 Å². The van der Waals surface area contributed by atoms with E-state index >= 15 is 0 Å². The molecule has 0 heterocycles. The van der Waals surface area contributed by atoms with Gasteiger partial charge in [0, 0.05) is 11.8 Å². The van der Waals surface area contributed by atoms with Crippen molar-refractivity contribution < 1.29 is 13.6 Å². The second kappa shape index (κ2) is 8.12. The molecule has 0 bridgehead atoms. The van der Waals surface area contributed by atoms with Gasteiger partial charge in [0.2, 0.25) is 5.91 Å². The fourth-order valence-corrected chi connectivity index (χ4v) is 2.13. The third kappa shape index (κ3) is 5.57. The van der Waals surface area contributed by atoms with Crippen LogP contribution in [0, 0.1) is 11.6 Å². The van der Waals surface area contributed by atoms with Crippen LogP contribution in [0.15, 0.2) is 18.2 Å². The second-order valence-electron chi connectivity index (χ2n) is 4.09. The van der Waals surface area contributed by atoms with Crippen LogP contribution in [0.5, 0.6) is 0 Å². The fourth-order valence-electron chi connectivity index (χ4n) is 1.42. The van der Waals surface area contributed by atoms with E-state index in [0.717, 1.165) is 23.6 Å². The van der Waals surface area contributed by atoms with Gasteiger partial charge in [-0.2, -0.15) is 11.8 Å². The Labute approximate surface area is 116 Å². The molecule has 2 N–H and O–H groups in total. The predicted molar refractivity (Wildman–Crippen MR) is 75.5 cm³/mol. The minimum atomic E-state index is -0.775. The van der Waals surface area contributed by atoms with Gasteiger partial charge in [0.15, 0.2) is 0 Å². The molecule has 1 amide bonds. The van der Waals surface area contributed by atoms with Gasteiger partial charge in [-0.25, -0.2) is 8.78 Å². The van der Waals surface area contributed by atoms with Gasteiger partial charge in [-0.15, -0.1) is 0 Å². The molecule has 0 saturated carbocycles. The highest BCUT2D eigenvalue weighted by Gasteiger charge is 2.12. The Hall–Kier alpha value is -1.14. The zero-order chi connectivity index (χ0) is 14.3. The first-order valence-electron chi connectivity index (χ1n) is 6.09. The second-order valence-corrected chi connectivity index (χ2v) is 5.41. The van der Waals surface area contributed by atoms with Gasteiger partial charge in [-0.3, -0.25) is 4.79 Å². The van der Waals surface area contributed by atoms with Gasteiger partial charge in [0.05, 0.1) is 6.54 Å². The van der Waals surface area contributed by atoms with E-state index in [1.165, 1.54) is 6.07 Å². The summed E-state index contributed by atoms with van der Waals surface area (Å²) in [6, 6.07) is 3.63. The van der Waals surface area contributed by atoms with E-state index in [9.17, 15) is 13.6 Å². The SMILES string of the molecule is CCSCC(C)NCC(=O)Nc1c(F)cccc1F. The number of nitrogens with one attached hydrogen (secondary N) is 2. The molecule has 19 heavy (non-hydrogen) atoms. The molecular formula is C13H18F2N2OS.